The number of rotatable bonds is 2. The first kappa shape index (κ1) is 7.95. The number of thiocarbonyl (C=S) groups is 1. The van der Waals surface area contributed by atoms with Crippen LogP contribution >= 0.6 is 12.2 Å². The second kappa shape index (κ2) is 3.88. The summed E-state index contributed by atoms with van der Waals surface area (Å²) < 4.78 is 5.42. The number of nitrogens with two attached hydrogens (primary N) is 1. The van der Waals surface area contributed by atoms with E-state index < -0.39 is 0 Å². The highest BCUT2D eigenvalue weighted by Crippen LogP contribution is 2.14. The van der Waals surface area contributed by atoms with Gasteiger partial charge >= 0.3 is 0 Å². The number of hydrogen-bond acceptors (Lipinski definition) is 2. The number of hydrogen-bond donors (Lipinski definition) is 1. The van der Waals surface area contributed by atoms with Crippen LogP contribution in [0.5, 0.6) is 0 Å². The van der Waals surface area contributed by atoms with Gasteiger partial charge in [0.2, 0.25) is 0 Å². The van der Waals surface area contributed by atoms with Crippen LogP contribution in [0.3, 0.4) is 0 Å². The Kier molecular flexibility index (Phi) is 3.09. The molecule has 2 nitrogen and oxygen atoms in total. The molecule has 1 rings (SSSR count). The molecule has 0 bridgehead atoms. The van der Waals surface area contributed by atoms with Crippen molar-refractivity contribution in [2.75, 3.05) is 6.61 Å². The van der Waals surface area contributed by atoms with Crippen LogP contribution < -0.4 is 5.73 Å². The molecule has 3 heteroatoms. The fraction of sp³-hybridized carbons (Fsp3) is 0.857. The van der Waals surface area contributed by atoms with Crippen molar-refractivity contribution in [3.63, 3.8) is 0 Å². The molecule has 0 amide bonds. The fourth-order valence-corrected chi connectivity index (χ4v) is 1.38. The lowest BCUT2D eigenvalue weighted by atomic mass is 10.1. The maximum Gasteiger partial charge on any atom is 0.0753 e. The Bertz CT molecular complexity index is 121. The Morgan fingerprint density at radius 3 is 2.90 bits per heavy atom. The van der Waals surface area contributed by atoms with Gasteiger partial charge in [0, 0.05) is 13.0 Å². The van der Waals surface area contributed by atoms with Crippen molar-refractivity contribution in [2.24, 2.45) is 5.73 Å². The predicted molar refractivity (Wildman–Crippen MR) is 45.0 cm³/mol. The molecule has 1 heterocycles. The van der Waals surface area contributed by atoms with Crippen LogP contribution in [0.15, 0.2) is 0 Å². The lowest BCUT2D eigenvalue weighted by molar-refractivity contribution is 0.0213. The quantitative estimate of drug-likeness (QED) is 0.615. The SMILES string of the molecule is NC(=S)CC1CCCCO1. The van der Waals surface area contributed by atoms with E-state index >= 15 is 0 Å². The van der Waals surface area contributed by atoms with Crippen LogP contribution in [0.1, 0.15) is 25.7 Å². The highest BCUT2D eigenvalue weighted by molar-refractivity contribution is 7.80. The Morgan fingerprint density at radius 1 is 1.60 bits per heavy atom. The van der Waals surface area contributed by atoms with E-state index in [4.69, 9.17) is 22.7 Å². The van der Waals surface area contributed by atoms with E-state index in [0.717, 1.165) is 19.4 Å². The molecule has 1 fully saturated rings. The van der Waals surface area contributed by atoms with Gasteiger partial charge in [0.1, 0.15) is 0 Å². The lowest BCUT2D eigenvalue weighted by Crippen LogP contribution is -2.24. The summed E-state index contributed by atoms with van der Waals surface area (Å²) in [6.45, 7) is 0.882. The minimum Gasteiger partial charge on any atom is -0.393 e. The summed E-state index contributed by atoms with van der Waals surface area (Å²) in [4.78, 5) is 0.576. The zero-order valence-electron chi connectivity index (χ0n) is 6.01. The third kappa shape index (κ3) is 2.62. The molecule has 1 unspecified atom stereocenters. The van der Waals surface area contributed by atoms with Crippen LogP contribution in [-0.2, 0) is 4.74 Å². The van der Waals surface area contributed by atoms with Crippen molar-refractivity contribution < 1.29 is 4.74 Å². The second-order valence-electron chi connectivity index (χ2n) is 2.66. The van der Waals surface area contributed by atoms with Crippen LogP contribution in [0.2, 0.25) is 0 Å². The lowest BCUT2D eigenvalue weighted by Gasteiger charge is -2.21. The summed E-state index contributed by atoms with van der Waals surface area (Å²) in [6.07, 6.45) is 4.64. The summed E-state index contributed by atoms with van der Waals surface area (Å²) in [5.74, 6) is 0. The molecule has 0 aromatic carbocycles. The van der Waals surface area contributed by atoms with Gasteiger partial charge in [0.15, 0.2) is 0 Å². The first-order valence-corrected chi connectivity index (χ1v) is 4.10. The molecular formula is C7H13NOS. The molecule has 0 aromatic rings. The van der Waals surface area contributed by atoms with Crippen molar-refractivity contribution in [1.82, 2.24) is 0 Å². The van der Waals surface area contributed by atoms with Crippen molar-refractivity contribution in [2.45, 2.75) is 31.8 Å². The number of ether oxygens (including phenoxy) is 1. The molecule has 1 aliphatic rings. The molecule has 1 saturated heterocycles. The van der Waals surface area contributed by atoms with Crippen molar-refractivity contribution >= 4 is 17.2 Å². The van der Waals surface area contributed by atoms with Crippen LogP contribution in [-0.4, -0.2) is 17.7 Å². The first-order valence-electron chi connectivity index (χ1n) is 3.69. The summed E-state index contributed by atoms with van der Waals surface area (Å²) in [5, 5.41) is 0. The van der Waals surface area contributed by atoms with Gasteiger partial charge in [-0.3, -0.25) is 0 Å². The predicted octanol–water partition coefficient (Wildman–Crippen LogP) is 1.23. The highest BCUT2D eigenvalue weighted by atomic mass is 32.1. The summed E-state index contributed by atoms with van der Waals surface area (Å²) in [5.41, 5.74) is 5.37. The van der Waals surface area contributed by atoms with Gasteiger partial charge in [-0.1, -0.05) is 12.2 Å². The van der Waals surface area contributed by atoms with Gasteiger partial charge in [-0.05, 0) is 19.3 Å². The summed E-state index contributed by atoms with van der Waals surface area (Å²) in [6, 6.07) is 0. The highest BCUT2D eigenvalue weighted by Gasteiger charge is 2.13. The zero-order chi connectivity index (χ0) is 7.40. The van der Waals surface area contributed by atoms with Crippen LogP contribution in [0.25, 0.3) is 0 Å². The van der Waals surface area contributed by atoms with Gasteiger partial charge in [-0.2, -0.15) is 0 Å². The molecule has 58 valence electrons. The van der Waals surface area contributed by atoms with Gasteiger partial charge in [0.05, 0.1) is 11.1 Å². The molecule has 0 saturated carbocycles. The smallest absolute Gasteiger partial charge is 0.0753 e. The molecule has 2 N–H and O–H groups in total. The summed E-state index contributed by atoms with van der Waals surface area (Å²) >= 11 is 4.77. The Labute approximate surface area is 66.7 Å². The van der Waals surface area contributed by atoms with Crippen molar-refractivity contribution in [3.05, 3.63) is 0 Å². The van der Waals surface area contributed by atoms with E-state index in [1.807, 2.05) is 0 Å². The molecule has 0 spiro atoms. The summed E-state index contributed by atoms with van der Waals surface area (Å²) in [7, 11) is 0. The normalized spacial score (nSPS) is 26.2. The average Bonchev–Trinajstić information content (AvgIpc) is 1.88. The third-order valence-corrected chi connectivity index (χ3v) is 1.87. The molecule has 0 radical (unpaired) electrons. The fourth-order valence-electron chi connectivity index (χ4n) is 1.19. The van der Waals surface area contributed by atoms with E-state index in [2.05, 4.69) is 0 Å². The first-order chi connectivity index (χ1) is 4.79. The van der Waals surface area contributed by atoms with E-state index in [1.165, 1.54) is 12.8 Å². The molecule has 0 aliphatic carbocycles. The average molecular weight is 159 g/mol. The van der Waals surface area contributed by atoms with Gasteiger partial charge in [-0.15, -0.1) is 0 Å². The van der Waals surface area contributed by atoms with Crippen LogP contribution in [0.4, 0.5) is 0 Å². The van der Waals surface area contributed by atoms with E-state index in [0.29, 0.717) is 11.1 Å². The Morgan fingerprint density at radius 2 is 2.40 bits per heavy atom. The minimum atomic E-state index is 0.311. The third-order valence-electron chi connectivity index (χ3n) is 1.70. The standard InChI is InChI=1S/C7H13NOS/c8-7(10)5-6-3-1-2-4-9-6/h6H,1-5H2,(H2,8,10). The van der Waals surface area contributed by atoms with Gasteiger partial charge in [-0.25, -0.2) is 0 Å². The zero-order valence-corrected chi connectivity index (χ0v) is 6.82. The molecule has 1 atom stereocenters. The molecule has 10 heavy (non-hydrogen) atoms. The van der Waals surface area contributed by atoms with E-state index in [9.17, 15) is 0 Å². The molecule has 0 aromatic heterocycles. The topological polar surface area (TPSA) is 35.2 Å². The second-order valence-corrected chi connectivity index (χ2v) is 3.18. The molecule has 1 aliphatic heterocycles. The Hall–Kier alpha value is -0.150. The van der Waals surface area contributed by atoms with E-state index in [1.54, 1.807) is 0 Å². The molecular weight excluding hydrogens is 146 g/mol. The van der Waals surface area contributed by atoms with Crippen molar-refractivity contribution in [1.29, 1.82) is 0 Å². The largest absolute Gasteiger partial charge is 0.393 e. The minimum absolute atomic E-state index is 0.311. The Balaban J connectivity index is 2.19. The maximum absolute atomic E-state index is 5.42. The van der Waals surface area contributed by atoms with Gasteiger partial charge in [0.25, 0.3) is 0 Å². The van der Waals surface area contributed by atoms with E-state index in [-0.39, 0.29) is 0 Å². The van der Waals surface area contributed by atoms with Crippen LogP contribution in [0, 0.1) is 0 Å². The maximum atomic E-state index is 5.42. The monoisotopic (exact) mass is 159 g/mol. The van der Waals surface area contributed by atoms with Gasteiger partial charge < -0.3 is 10.5 Å². The van der Waals surface area contributed by atoms with Crippen molar-refractivity contribution in [3.8, 4) is 0 Å².